The Morgan fingerprint density at radius 3 is 2.58 bits per heavy atom. The van der Waals surface area contributed by atoms with E-state index in [2.05, 4.69) is 29.7 Å². The minimum absolute atomic E-state index is 0.303. The summed E-state index contributed by atoms with van der Waals surface area (Å²) in [6.45, 7) is 4.76. The number of benzene rings is 2. The molecule has 138 valence electrons. The molecule has 26 heavy (non-hydrogen) atoms. The summed E-state index contributed by atoms with van der Waals surface area (Å²) in [5.41, 5.74) is 4.23. The standard InChI is InChI=1S/C19H22FN3O2S/c1-13(2)12-25-18-10-14(4-9-17(18)24-3)11-21-23-19(26)22-16-7-5-15(20)6-8-16/h4-11,13H,12H2,1-3H3,(H2,22,23,26). The van der Waals surface area contributed by atoms with Gasteiger partial charge in [-0.25, -0.2) is 4.39 Å². The Morgan fingerprint density at radius 1 is 1.19 bits per heavy atom. The highest BCUT2D eigenvalue weighted by atomic mass is 32.1. The van der Waals surface area contributed by atoms with Gasteiger partial charge in [0.2, 0.25) is 0 Å². The van der Waals surface area contributed by atoms with Gasteiger partial charge in [0, 0.05) is 5.69 Å². The van der Waals surface area contributed by atoms with Crippen LogP contribution in [-0.4, -0.2) is 25.0 Å². The maximum Gasteiger partial charge on any atom is 0.191 e. The van der Waals surface area contributed by atoms with Crippen molar-refractivity contribution in [2.75, 3.05) is 19.0 Å². The van der Waals surface area contributed by atoms with Crippen molar-refractivity contribution < 1.29 is 13.9 Å². The van der Waals surface area contributed by atoms with E-state index in [0.29, 0.717) is 34.8 Å². The summed E-state index contributed by atoms with van der Waals surface area (Å²) in [5, 5.41) is 7.31. The lowest BCUT2D eigenvalue weighted by Crippen LogP contribution is -2.23. The van der Waals surface area contributed by atoms with E-state index in [1.165, 1.54) is 12.1 Å². The number of anilines is 1. The van der Waals surface area contributed by atoms with E-state index in [4.69, 9.17) is 21.7 Å². The van der Waals surface area contributed by atoms with Crippen LogP contribution in [0.5, 0.6) is 11.5 Å². The molecule has 0 atom stereocenters. The van der Waals surface area contributed by atoms with Gasteiger partial charge in [-0.3, -0.25) is 5.43 Å². The van der Waals surface area contributed by atoms with Crippen molar-refractivity contribution in [3.63, 3.8) is 0 Å². The first kappa shape index (κ1) is 19.7. The van der Waals surface area contributed by atoms with Crippen LogP contribution in [0.2, 0.25) is 0 Å². The number of thiocarbonyl (C=S) groups is 1. The van der Waals surface area contributed by atoms with Gasteiger partial charge >= 0.3 is 0 Å². The van der Waals surface area contributed by atoms with E-state index >= 15 is 0 Å². The van der Waals surface area contributed by atoms with E-state index in [-0.39, 0.29) is 5.82 Å². The van der Waals surface area contributed by atoms with E-state index in [1.54, 1.807) is 25.5 Å². The minimum Gasteiger partial charge on any atom is -0.493 e. The van der Waals surface area contributed by atoms with Gasteiger partial charge < -0.3 is 14.8 Å². The van der Waals surface area contributed by atoms with Crippen molar-refractivity contribution >= 4 is 29.2 Å². The molecule has 0 saturated heterocycles. The summed E-state index contributed by atoms with van der Waals surface area (Å²) in [4.78, 5) is 0. The van der Waals surface area contributed by atoms with Crippen molar-refractivity contribution in [3.05, 3.63) is 53.8 Å². The van der Waals surface area contributed by atoms with Crippen LogP contribution >= 0.6 is 12.2 Å². The van der Waals surface area contributed by atoms with Gasteiger partial charge in [-0.15, -0.1) is 0 Å². The molecule has 0 amide bonds. The summed E-state index contributed by atoms with van der Waals surface area (Å²) in [6, 6.07) is 11.4. The lowest BCUT2D eigenvalue weighted by atomic mass is 10.2. The molecule has 2 aromatic rings. The number of hydrogen-bond donors (Lipinski definition) is 2. The van der Waals surface area contributed by atoms with E-state index in [9.17, 15) is 4.39 Å². The highest BCUT2D eigenvalue weighted by Crippen LogP contribution is 2.28. The fraction of sp³-hybridized carbons (Fsp3) is 0.263. The summed E-state index contributed by atoms with van der Waals surface area (Å²) in [6.07, 6.45) is 1.63. The van der Waals surface area contributed by atoms with Crippen molar-refractivity contribution in [3.8, 4) is 11.5 Å². The average molecular weight is 375 g/mol. The van der Waals surface area contributed by atoms with Crippen LogP contribution < -0.4 is 20.2 Å². The molecule has 0 aromatic heterocycles. The lowest BCUT2D eigenvalue weighted by molar-refractivity contribution is 0.257. The second kappa shape index (κ2) is 9.72. The fourth-order valence-electron chi connectivity index (χ4n) is 2.00. The van der Waals surface area contributed by atoms with Crippen LogP contribution in [0.4, 0.5) is 10.1 Å². The van der Waals surface area contributed by atoms with Crippen molar-refractivity contribution in [1.29, 1.82) is 0 Å². The highest BCUT2D eigenvalue weighted by molar-refractivity contribution is 7.80. The fourth-order valence-corrected chi connectivity index (χ4v) is 2.17. The van der Waals surface area contributed by atoms with Crippen LogP contribution in [-0.2, 0) is 0 Å². The molecule has 2 N–H and O–H groups in total. The van der Waals surface area contributed by atoms with Crippen molar-refractivity contribution in [1.82, 2.24) is 5.43 Å². The minimum atomic E-state index is -0.303. The number of rotatable bonds is 7. The van der Waals surface area contributed by atoms with Gasteiger partial charge in [0.15, 0.2) is 16.6 Å². The second-order valence-electron chi connectivity index (χ2n) is 5.95. The number of nitrogens with one attached hydrogen (secondary N) is 2. The molecule has 2 aromatic carbocycles. The van der Waals surface area contributed by atoms with Gasteiger partial charge in [0.1, 0.15) is 5.82 Å². The van der Waals surface area contributed by atoms with Crippen molar-refractivity contribution in [2.24, 2.45) is 11.0 Å². The molecular formula is C19H22FN3O2S. The zero-order valence-electron chi connectivity index (χ0n) is 15.0. The Balaban J connectivity index is 1.95. The van der Waals surface area contributed by atoms with Crippen LogP contribution in [0.25, 0.3) is 0 Å². The molecule has 0 aliphatic carbocycles. The van der Waals surface area contributed by atoms with Crippen LogP contribution in [0.1, 0.15) is 19.4 Å². The number of ether oxygens (including phenoxy) is 2. The molecule has 0 fully saturated rings. The first-order valence-corrected chi connectivity index (χ1v) is 8.55. The summed E-state index contributed by atoms with van der Waals surface area (Å²) >= 11 is 5.15. The second-order valence-corrected chi connectivity index (χ2v) is 6.35. The summed E-state index contributed by atoms with van der Waals surface area (Å²) in [5.74, 6) is 1.44. The van der Waals surface area contributed by atoms with Crippen LogP contribution in [0, 0.1) is 11.7 Å². The Labute approximate surface area is 158 Å². The molecule has 0 saturated carbocycles. The summed E-state index contributed by atoms with van der Waals surface area (Å²) in [7, 11) is 1.60. The van der Waals surface area contributed by atoms with Crippen LogP contribution in [0.15, 0.2) is 47.6 Å². The highest BCUT2D eigenvalue weighted by Gasteiger charge is 2.06. The first-order valence-electron chi connectivity index (χ1n) is 8.14. The SMILES string of the molecule is COc1ccc(C=NNC(=S)Nc2ccc(F)cc2)cc1OCC(C)C. The third-order valence-electron chi connectivity index (χ3n) is 3.24. The number of halogens is 1. The van der Waals surface area contributed by atoms with E-state index in [1.807, 2.05) is 18.2 Å². The predicted molar refractivity (Wildman–Crippen MR) is 107 cm³/mol. The van der Waals surface area contributed by atoms with Gasteiger partial charge in [-0.05, 0) is 66.2 Å². The molecule has 7 heteroatoms. The topological polar surface area (TPSA) is 54.9 Å². The Bertz CT molecular complexity index is 764. The molecule has 0 aliphatic heterocycles. The number of methoxy groups -OCH3 is 1. The lowest BCUT2D eigenvalue weighted by Gasteiger charge is -2.12. The normalized spacial score (nSPS) is 10.8. The largest absolute Gasteiger partial charge is 0.493 e. The number of nitrogens with zero attached hydrogens (tertiary/aromatic N) is 1. The molecule has 5 nitrogen and oxygen atoms in total. The molecule has 0 spiro atoms. The number of hydrazone groups is 1. The molecule has 0 radical (unpaired) electrons. The molecule has 0 heterocycles. The molecule has 0 bridgehead atoms. The van der Waals surface area contributed by atoms with Crippen LogP contribution in [0.3, 0.4) is 0 Å². The summed E-state index contributed by atoms with van der Waals surface area (Å²) < 4.78 is 24.0. The predicted octanol–water partition coefficient (Wildman–Crippen LogP) is 4.19. The molecule has 0 unspecified atom stereocenters. The maximum absolute atomic E-state index is 12.9. The zero-order chi connectivity index (χ0) is 18.9. The Morgan fingerprint density at radius 2 is 1.92 bits per heavy atom. The van der Waals surface area contributed by atoms with E-state index < -0.39 is 0 Å². The van der Waals surface area contributed by atoms with Gasteiger partial charge in [-0.1, -0.05) is 13.8 Å². The third-order valence-corrected chi connectivity index (χ3v) is 3.44. The maximum atomic E-state index is 12.9. The average Bonchev–Trinajstić information content (AvgIpc) is 2.62. The van der Waals surface area contributed by atoms with Gasteiger partial charge in [0.25, 0.3) is 0 Å². The van der Waals surface area contributed by atoms with Crippen molar-refractivity contribution in [2.45, 2.75) is 13.8 Å². The van der Waals surface area contributed by atoms with Gasteiger partial charge in [-0.2, -0.15) is 5.10 Å². The third kappa shape index (κ3) is 6.33. The first-order chi connectivity index (χ1) is 12.5. The number of hydrogen-bond acceptors (Lipinski definition) is 4. The zero-order valence-corrected chi connectivity index (χ0v) is 15.8. The Kier molecular flexibility index (Phi) is 7.35. The Hall–Kier alpha value is -2.67. The van der Waals surface area contributed by atoms with Gasteiger partial charge in [0.05, 0.1) is 19.9 Å². The molecular weight excluding hydrogens is 353 g/mol. The quantitative estimate of drug-likeness (QED) is 0.432. The smallest absolute Gasteiger partial charge is 0.191 e. The van der Waals surface area contributed by atoms with E-state index in [0.717, 1.165) is 5.56 Å². The monoisotopic (exact) mass is 375 g/mol. The molecule has 2 rings (SSSR count). The molecule has 0 aliphatic rings.